The van der Waals surface area contributed by atoms with Gasteiger partial charge in [0.2, 0.25) is 5.28 Å². The molecule has 1 saturated carbocycles. The van der Waals surface area contributed by atoms with Gasteiger partial charge in [0.15, 0.2) is 5.82 Å². The number of hydrogen-bond acceptors (Lipinski definition) is 2. The third-order valence-electron chi connectivity index (χ3n) is 3.90. The van der Waals surface area contributed by atoms with Crippen LogP contribution in [0.3, 0.4) is 0 Å². The summed E-state index contributed by atoms with van der Waals surface area (Å²) in [6.45, 7) is 0.941. The predicted octanol–water partition coefficient (Wildman–Crippen LogP) is 4.18. The second kappa shape index (κ2) is 5.74. The molecule has 3 nitrogen and oxygen atoms in total. The van der Waals surface area contributed by atoms with E-state index in [9.17, 15) is 0 Å². The molecule has 1 aliphatic carbocycles. The molecule has 3 rings (SSSR count). The van der Waals surface area contributed by atoms with E-state index in [0.717, 1.165) is 17.9 Å². The fourth-order valence-corrected chi connectivity index (χ4v) is 3.06. The molecule has 1 aromatic carbocycles. The van der Waals surface area contributed by atoms with Crippen molar-refractivity contribution < 1.29 is 0 Å². The molecule has 19 heavy (non-hydrogen) atoms. The van der Waals surface area contributed by atoms with Crippen molar-refractivity contribution in [3.05, 3.63) is 35.6 Å². The van der Waals surface area contributed by atoms with Gasteiger partial charge in [-0.3, -0.25) is 4.57 Å². The van der Waals surface area contributed by atoms with Gasteiger partial charge in [-0.2, -0.15) is 0 Å². The van der Waals surface area contributed by atoms with Gasteiger partial charge in [-0.05, 0) is 30.4 Å². The molecule has 1 aliphatic rings. The summed E-state index contributed by atoms with van der Waals surface area (Å²) in [5.74, 6) is 1.60. The van der Waals surface area contributed by atoms with E-state index in [2.05, 4.69) is 26.9 Å². The largest absolute Gasteiger partial charge is 0.298 e. The lowest BCUT2D eigenvalue weighted by atomic mass is 9.89. The van der Waals surface area contributed by atoms with E-state index in [1.807, 2.05) is 18.2 Å². The summed E-state index contributed by atoms with van der Waals surface area (Å²) in [6.07, 6.45) is 6.64. The first-order valence-corrected chi connectivity index (χ1v) is 7.36. The summed E-state index contributed by atoms with van der Waals surface area (Å²) >= 11 is 6.20. The van der Waals surface area contributed by atoms with E-state index in [1.54, 1.807) is 0 Å². The van der Waals surface area contributed by atoms with E-state index >= 15 is 0 Å². The lowest BCUT2D eigenvalue weighted by molar-refractivity contribution is 0.320. The monoisotopic (exact) mass is 275 g/mol. The lowest BCUT2D eigenvalue weighted by Crippen LogP contribution is -2.15. The van der Waals surface area contributed by atoms with E-state index in [4.69, 9.17) is 11.6 Å². The van der Waals surface area contributed by atoms with Crippen molar-refractivity contribution in [1.82, 2.24) is 14.8 Å². The van der Waals surface area contributed by atoms with Gasteiger partial charge >= 0.3 is 0 Å². The van der Waals surface area contributed by atoms with Crippen LogP contribution in [0.2, 0.25) is 5.28 Å². The first kappa shape index (κ1) is 12.7. The SMILES string of the molecule is Clc1nnc(-c2ccccc2)n1CC1CCCCC1. The zero-order valence-corrected chi connectivity index (χ0v) is 11.7. The van der Waals surface area contributed by atoms with Crippen molar-refractivity contribution in [3.63, 3.8) is 0 Å². The van der Waals surface area contributed by atoms with Crippen molar-refractivity contribution in [2.45, 2.75) is 38.6 Å². The Morgan fingerprint density at radius 3 is 2.53 bits per heavy atom. The minimum atomic E-state index is 0.504. The van der Waals surface area contributed by atoms with Crippen LogP contribution in [0.4, 0.5) is 0 Å². The molecule has 0 aliphatic heterocycles. The van der Waals surface area contributed by atoms with Crippen LogP contribution in [-0.4, -0.2) is 14.8 Å². The Morgan fingerprint density at radius 2 is 1.79 bits per heavy atom. The van der Waals surface area contributed by atoms with Crippen LogP contribution in [0.15, 0.2) is 30.3 Å². The average molecular weight is 276 g/mol. The maximum Gasteiger partial charge on any atom is 0.225 e. The number of benzene rings is 1. The predicted molar refractivity (Wildman–Crippen MR) is 77.0 cm³/mol. The molecule has 0 amide bonds. The summed E-state index contributed by atoms with van der Waals surface area (Å²) in [4.78, 5) is 0. The average Bonchev–Trinajstić information content (AvgIpc) is 2.82. The van der Waals surface area contributed by atoms with Crippen LogP contribution in [0.25, 0.3) is 11.4 Å². The van der Waals surface area contributed by atoms with Crippen LogP contribution in [0.5, 0.6) is 0 Å². The Hall–Kier alpha value is -1.35. The van der Waals surface area contributed by atoms with Gasteiger partial charge in [0.1, 0.15) is 0 Å². The van der Waals surface area contributed by atoms with Crippen molar-refractivity contribution in [3.8, 4) is 11.4 Å². The van der Waals surface area contributed by atoms with Gasteiger partial charge in [-0.25, -0.2) is 0 Å². The quantitative estimate of drug-likeness (QED) is 0.841. The van der Waals surface area contributed by atoms with E-state index < -0.39 is 0 Å². The smallest absolute Gasteiger partial charge is 0.225 e. The van der Waals surface area contributed by atoms with Crippen LogP contribution < -0.4 is 0 Å². The topological polar surface area (TPSA) is 30.7 Å². The van der Waals surface area contributed by atoms with Crippen LogP contribution in [-0.2, 0) is 6.54 Å². The third-order valence-corrected chi connectivity index (χ3v) is 4.18. The first-order valence-electron chi connectivity index (χ1n) is 6.99. The molecular weight excluding hydrogens is 258 g/mol. The van der Waals surface area contributed by atoms with Gasteiger partial charge in [0.05, 0.1) is 0 Å². The normalized spacial score (nSPS) is 16.7. The molecule has 0 radical (unpaired) electrons. The van der Waals surface area contributed by atoms with Gasteiger partial charge in [0.25, 0.3) is 0 Å². The molecule has 1 fully saturated rings. The highest BCUT2D eigenvalue weighted by molar-refractivity contribution is 6.28. The third kappa shape index (κ3) is 2.81. The van der Waals surface area contributed by atoms with Crippen LogP contribution in [0, 0.1) is 5.92 Å². The molecule has 1 heterocycles. The Morgan fingerprint density at radius 1 is 1.05 bits per heavy atom. The molecule has 1 aromatic heterocycles. The van der Waals surface area contributed by atoms with E-state index in [-0.39, 0.29) is 0 Å². The first-order chi connectivity index (χ1) is 9.34. The van der Waals surface area contributed by atoms with Crippen molar-refractivity contribution in [2.24, 2.45) is 5.92 Å². The number of nitrogens with zero attached hydrogens (tertiary/aromatic N) is 3. The Kier molecular flexibility index (Phi) is 3.83. The summed E-state index contributed by atoms with van der Waals surface area (Å²) in [6, 6.07) is 10.1. The van der Waals surface area contributed by atoms with E-state index in [0.29, 0.717) is 11.2 Å². The van der Waals surface area contributed by atoms with Crippen LogP contribution >= 0.6 is 11.6 Å². The fraction of sp³-hybridized carbons (Fsp3) is 0.467. The zero-order chi connectivity index (χ0) is 13.1. The molecular formula is C15H18ClN3. The molecule has 0 N–H and O–H groups in total. The second-order valence-corrected chi connectivity index (χ2v) is 5.61. The Labute approximate surface area is 118 Å². The highest BCUT2D eigenvalue weighted by atomic mass is 35.5. The summed E-state index contributed by atoms with van der Waals surface area (Å²) in [7, 11) is 0. The maximum absolute atomic E-state index is 6.20. The minimum Gasteiger partial charge on any atom is -0.298 e. The Balaban J connectivity index is 1.86. The number of rotatable bonds is 3. The number of aromatic nitrogens is 3. The summed E-state index contributed by atoms with van der Waals surface area (Å²) in [5.41, 5.74) is 1.08. The molecule has 0 saturated heterocycles. The molecule has 4 heteroatoms. The molecule has 0 atom stereocenters. The molecule has 2 aromatic rings. The summed E-state index contributed by atoms with van der Waals surface area (Å²) in [5, 5.41) is 8.77. The molecule has 0 spiro atoms. The van der Waals surface area contributed by atoms with Gasteiger partial charge in [-0.15, -0.1) is 10.2 Å². The fourth-order valence-electron chi connectivity index (χ4n) is 2.87. The lowest BCUT2D eigenvalue weighted by Gasteiger charge is -2.22. The van der Waals surface area contributed by atoms with Gasteiger partial charge < -0.3 is 0 Å². The zero-order valence-electron chi connectivity index (χ0n) is 10.9. The van der Waals surface area contributed by atoms with Crippen molar-refractivity contribution in [2.75, 3.05) is 0 Å². The second-order valence-electron chi connectivity index (χ2n) is 5.27. The minimum absolute atomic E-state index is 0.504. The van der Waals surface area contributed by atoms with Gasteiger partial charge in [-0.1, -0.05) is 49.6 Å². The molecule has 0 unspecified atom stereocenters. The standard InChI is InChI=1S/C15H18ClN3/c16-15-18-17-14(13-9-5-2-6-10-13)19(15)11-12-7-3-1-4-8-12/h2,5-6,9-10,12H,1,3-4,7-8,11H2. The van der Waals surface area contributed by atoms with Crippen molar-refractivity contribution in [1.29, 1.82) is 0 Å². The van der Waals surface area contributed by atoms with Gasteiger partial charge in [0, 0.05) is 12.1 Å². The van der Waals surface area contributed by atoms with Crippen molar-refractivity contribution >= 4 is 11.6 Å². The highest BCUT2D eigenvalue weighted by Crippen LogP contribution is 2.28. The van der Waals surface area contributed by atoms with Crippen LogP contribution in [0.1, 0.15) is 32.1 Å². The van der Waals surface area contributed by atoms with E-state index in [1.165, 1.54) is 32.1 Å². The molecule has 0 bridgehead atoms. The molecule has 100 valence electrons. The maximum atomic E-state index is 6.20. The highest BCUT2D eigenvalue weighted by Gasteiger charge is 2.18. The number of hydrogen-bond donors (Lipinski definition) is 0. The summed E-state index contributed by atoms with van der Waals surface area (Å²) < 4.78 is 2.06. The number of halogens is 1. The Bertz CT molecular complexity index is 530.